The van der Waals surface area contributed by atoms with Gasteiger partial charge in [-0.15, -0.1) is 22.7 Å². The monoisotopic (exact) mass is 836 g/mol. The van der Waals surface area contributed by atoms with Gasteiger partial charge in [0.2, 0.25) is 0 Å². The molecule has 2 heteroatoms. The first-order valence-electron chi connectivity index (χ1n) is 21.6. The number of rotatable bonds is 8. The Hall–Kier alpha value is -7.36. The minimum Gasteiger partial charge on any atom is -0.135 e. The second kappa shape index (κ2) is 15.8. The number of benzene rings is 10. The van der Waals surface area contributed by atoms with Gasteiger partial charge in [-0.1, -0.05) is 206 Å². The molecule has 10 aromatic carbocycles. The summed E-state index contributed by atoms with van der Waals surface area (Å²) < 4.78 is 5.34. The molecule has 0 saturated carbocycles. The van der Waals surface area contributed by atoms with E-state index in [2.05, 4.69) is 237 Å². The summed E-state index contributed by atoms with van der Waals surface area (Å²) in [7, 11) is 0. The van der Waals surface area contributed by atoms with E-state index in [0.717, 1.165) is 0 Å². The lowest BCUT2D eigenvalue weighted by atomic mass is 9.83. The molecular formula is C61H40S2. The van der Waals surface area contributed by atoms with E-state index in [1.54, 1.807) is 0 Å². The van der Waals surface area contributed by atoms with Crippen LogP contribution in [-0.4, -0.2) is 0 Å². The molecule has 0 radical (unpaired) electrons. The zero-order valence-corrected chi connectivity index (χ0v) is 36.0. The molecule has 0 aliphatic carbocycles. The lowest BCUT2D eigenvalue weighted by Crippen LogP contribution is -2.03. The summed E-state index contributed by atoms with van der Waals surface area (Å²) in [5, 5.41) is 5.31. The SMILES string of the molecule is c1ccc(-c2cc(-c3ccccc3)cc(-c3ccc(C(c4ccc(-c5cccc6c5sc5ccccc56)cc4)c4ccc(-c5cccc6c5sc5ccccc56)cc4)cc3)c2)cc1. The van der Waals surface area contributed by atoms with Crippen LogP contribution in [0, 0.1) is 0 Å². The summed E-state index contributed by atoms with van der Waals surface area (Å²) >= 11 is 3.78. The molecule has 0 aliphatic heterocycles. The molecule has 0 saturated heterocycles. The Kier molecular flexibility index (Phi) is 9.40. The summed E-state index contributed by atoms with van der Waals surface area (Å²) in [6.07, 6.45) is 0. The number of thiophene rings is 2. The Bertz CT molecular complexity index is 3360. The van der Waals surface area contributed by atoms with Gasteiger partial charge in [0.1, 0.15) is 0 Å². The first-order chi connectivity index (χ1) is 31.2. The quantitative estimate of drug-likeness (QED) is 0.134. The molecular weight excluding hydrogens is 797 g/mol. The highest BCUT2D eigenvalue weighted by molar-refractivity contribution is 7.26. The van der Waals surface area contributed by atoms with E-state index in [4.69, 9.17) is 0 Å². The van der Waals surface area contributed by atoms with Crippen LogP contribution in [0.1, 0.15) is 22.6 Å². The molecule has 12 aromatic rings. The first kappa shape index (κ1) is 37.4. The van der Waals surface area contributed by atoms with Gasteiger partial charge in [0, 0.05) is 46.3 Å². The third-order valence-electron chi connectivity index (χ3n) is 12.6. The third kappa shape index (κ3) is 6.85. The lowest BCUT2D eigenvalue weighted by Gasteiger charge is -2.21. The van der Waals surface area contributed by atoms with Gasteiger partial charge in [-0.3, -0.25) is 0 Å². The topological polar surface area (TPSA) is 0 Å². The van der Waals surface area contributed by atoms with Crippen molar-refractivity contribution in [3.05, 3.63) is 253 Å². The second-order valence-electron chi connectivity index (χ2n) is 16.4. The van der Waals surface area contributed by atoms with E-state index in [9.17, 15) is 0 Å². The molecule has 0 N–H and O–H groups in total. The predicted octanol–water partition coefficient (Wildman–Crippen LogP) is 17.9. The molecule has 12 rings (SSSR count). The minimum atomic E-state index is 0.0397. The third-order valence-corrected chi connectivity index (χ3v) is 15.1. The fourth-order valence-electron chi connectivity index (χ4n) is 9.49. The normalized spacial score (nSPS) is 11.6. The number of fused-ring (bicyclic) bond motifs is 6. The smallest absolute Gasteiger partial charge is 0.0433 e. The molecule has 0 unspecified atom stereocenters. The molecule has 296 valence electrons. The first-order valence-corrected chi connectivity index (χ1v) is 23.2. The van der Waals surface area contributed by atoms with E-state index in [1.165, 1.54) is 113 Å². The van der Waals surface area contributed by atoms with E-state index in [1.807, 2.05) is 22.7 Å². The highest BCUT2D eigenvalue weighted by Gasteiger charge is 2.20. The van der Waals surface area contributed by atoms with Crippen molar-refractivity contribution in [2.24, 2.45) is 0 Å². The Morgan fingerprint density at radius 2 is 0.571 bits per heavy atom. The van der Waals surface area contributed by atoms with Crippen LogP contribution in [0.25, 0.3) is 96.0 Å². The van der Waals surface area contributed by atoms with Gasteiger partial charge in [-0.05, 0) is 103 Å². The maximum atomic E-state index is 2.35. The number of hydrogen-bond donors (Lipinski definition) is 0. The average Bonchev–Trinajstić information content (AvgIpc) is 3.94. The van der Waals surface area contributed by atoms with Crippen molar-refractivity contribution in [1.82, 2.24) is 0 Å². The fraction of sp³-hybridized carbons (Fsp3) is 0.0164. The van der Waals surface area contributed by atoms with Gasteiger partial charge >= 0.3 is 0 Å². The fourth-order valence-corrected chi connectivity index (χ4v) is 12.0. The molecule has 0 fully saturated rings. The highest BCUT2D eigenvalue weighted by atomic mass is 32.1. The van der Waals surface area contributed by atoms with Crippen LogP contribution in [-0.2, 0) is 0 Å². The van der Waals surface area contributed by atoms with Crippen molar-refractivity contribution >= 4 is 63.0 Å². The lowest BCUT2D eigenvalue weighted by molar-refractivity contribution is 0.978. The molecule has 2 aromatic heterocycles. The molecule has 0 aliphatic rings. The molecule has 63 heavy (non-hydrogen) atoms. The molecule has 0 spiro atoms. The standard InChI is InChI=1S/C61H40S2/c1-3-13-40(14-4-1)48-37-49(41-15-5-2-6-16-41)39-50(38-48)42-25-31-45(32-26-42)59(46-33-27-43(28-34-46)51-19-11-21-55-53-17-7-9-23-57(53)62-60(51)55)47-35-29-44(30-36-47)52-20-12-22-56-54-18-8-10-24-58(54)63-61(52)56/h1-39,59H. The van der Waals surface area contributed by atoms with Crippen LogP contribution in [0.15, 0.2) is 237 Å². The van der Waals surface area contributed by atoms with Crippen LogP contribution >= 0.6 is 22.7 Å². The molecule has 0 amide bonds. The molecule has 0 atom stereocenters. The largest absolute Gasteiger partial charge is 0.135 e. The van der Waals surface area contributed by atoms with Crippen molar-refractivity contribution in [3.8, 4) is 55.6 Å². The van der Waals surface area contributed by atoms with Crippen LogP contribution in [0.3, 0.4) is 0 Å². The summed E-state index contributed by atoms with van der Waals surface area (Å²) in [5.74, 6) is 0.0397. The van der Waals surface area contributed by atoms with Gasteiger partial charge in [0.25, 0.3) is 0 Å². The summed E-state index contributed by atoms with van der Waals surface area (Å²) in [4.78, 5) is 0. The Labute approximate surface area is 375 Å². The van der Waals surface area contributed by atoms with Gasteiger partial charge in [-0.2, -0.15) is 0 Å². The van der Waals surface area contributed by atoms with Gasteiger partial charge in [0.15, 0.2) is 0 Å². The van der Waals surface area contributed by atoms with Crippen LogP contribution < -0.4 is 0 Å². The predicted molar refractivity (Wildman–Crippen MR) is 273 cm³/mol. The molecule has 2 heterocycles. The molecule has 0 bridgehead atoms. The van der Waals surface area contributed by atoms with Crippen LogP contribution in [0.5, 0.6) is 0 Å². The van der Waals surface area contributed by atoms with Gasteiger partial charge in [-0.25, -0.2) is 0 Å². The summed E-state index contributed by atoms with van der Waals surface area (Å²) in [5.41, 5.74) is 16.1. The second-order valence-corrected chi connectivity index (χ2v) is 18.5. The van der Waals surface area contributed by atoms with Crippen molar-refractivity contribution in [2.45, 2.75) is 5.92 Å². The Morgan fingerprint density at radius 3 is 0.984 bits per heavy atom. The number of hydrogen-bond acceptors (Lipinski definition) is 2. The summed E-state index contributed by atoms with van der Waals surface area (Å²) in [6.45, 7) is 0. The maximum Gasteiger partial charge on any atom is 0.0433 e. The van der Waals surface area contributed by atoms with Crippen molar-refractivity contribution < 1.29 is 0 Å². The maximum absolute atomic E-state index is 2.35. The molecule has 0 nitrogen and oxygen atoms in total. The van der Waals surface area contributed by atoms with Crippen LogP contribution in [0.4, 0.5) is 0 Å². The minimum absolute atomic E-state index is 0.0397. The van der Waals surface area contributed by atoms with Crippen molar-refractivity contribution in [1.29, 1.82) is 0 Å². The van der Waals surface area contributed by atoms with Gasteiger partial charge in [0.05, 0.1) is 0 Å². The van der Waals surface area contributed by atoms with Gasteiger partial charge < -0.3 is 0 Å². The Morgan fingerprint density at radius 1 is 0.238 bits per heavy atom. The zero-order valence-electron chi connectivity index (χ0n) is 34.4. The zero-order chi connectivity index (χ0) is 41.7. The average molecular weight is 837 g/mol. The van der Waals surface area contributed by atoms with E-state index in [-0.39, 0.29) is 5.92 Å². The highest BCUT2D eigenvalue weighted by Crippen LogP contribution is 2.43. The van der Waals surface area contributed by atoms with E-state index in [0.29, 0.717) is 0 Å². The van der Waals surface area contributed by atoms with Crippen LogP contribution in [0.2, 0.25) is 0 Å². The summed E-state index contributed by atoms with van der Waals surface area (Å²) in [6, 6.07) is 87.4. The van der Waals surface area contributed by atoms with E-state index >= 15 is 0 Å². The van der Waals surface area contributed by atoms with Crippen molar-refractivity contribution in [3.63, 3.8) is 0 Å². The van der Waals surface area contributed by atoms with E-state index < -0.39 is 0 Å². The van der Waals surface area contributed by atoms with Crippen molar-refractivity contribution in [2.75, 3.05) is 0 Å². The Balaban J connectivity index is 0.951.